The molecule has 0 saturated heterocycles. The van der Waals surface area contributed by atoms with Gasteiger partial charge in [-0.3, -0.25) is 0 Å². The Kier molecular flexibility index (Phi) is 6.29. The molecule has 0 aliphatic rings. The summed E-state index contributed by atoms with van der Waals surface area (Å²) in [5.74, 6) is 1.17. The molecule has 0 atom stereocenters. The largest absolute Gasteiger partial charge is 0.493 e. The second kappa shape index (κ2) is 9.25. The molecular weight excluding hydrogens is 366 g/mol. The summed E-state index contributed by atoms with van der Waals surface area (Å²) < 4.78 is 15.8. The van der Waals surface area contributed by atoms with Crippen LogP contribution in [0.3, 0.4) is 0 Å². The van der Waals surface area contributed by atoms with Gasteiger partial charge in [-0.05, 0) is 59.2 Å². The average Bonchev–Trinajstić information content (AvgIpc) is 2.78. The van der Waals surface area contributed by atoms with Crippen molar-refractivity contribution in [1.29, 1.82) is 5.26 Å². The minimum Gasteiger partial charge on any atom is -0.493 e. The summed E-state index contributed by atoms with van der Waals surface area (Å²) in [6, 6.07) is 21.9. The number of hydrogen-bond acceptors (Lipinski definition) is 5. The zero-order chi connectivity index (χ0) is 20.6. The fraction of sp³-hybridized carbons (Fsp3) is 0.0833. The number of carbonyl (C=O) groups is 1. The van der Waals surface area contributed by atoms with E-state index in [2.05, 4.69) is 6.07 Å². The number of ether oxygens (including phenoxy) is 3. The van der Waals surface area contributed by atoms with Crippen LogP contribution in [0.25, 0.3) is 17.2 Å². The summed E-state index contributed by atoms with van der Waals surface area (Å²) in [6.45, 7) is 0. The SMILES string of the molecule is COc1ccc(C=CC(=O)Oc2ccc(-c3ccc(C#N)cc3)cc2)cc1OC. The van der Waals surface area contributed by atoms with Crippen molar-refractivity contribution in [2.24, 2.45) is 0 Å². The normalized spacial score (nSPS) is 10.4. The van der Waals surface area contributed by atoms with Gasteiger partial charge in [-0.25, -0.2) is 4.79 Å². The zero-order valence-corrected chi connectivity index (χ0v) is 16.1. The van der Waals surface area contributed by atoms with Gasteiger partial charge in [0.1, 0.15) is 5.75 Å². The van der Waals surface area contributed by atoms with Gasteiger partial charge in [-0.15, -0.1) is 0 Å². The Labute approximate surface area is 169 Å². The van der Waals surface area contributed by atoms with Crippen LogP contribution in [-0.2, 0) is 4.79 Å². The first-order chi connectivity index (χ1) is 14.1. The molecule has 0 aliphatic carbocycles. The Morgan fingerprint density at radius 1 is 0.862 bits per heavy atom. The first-order valence-electron chi connectivity index (χ1n) is 8.85. The van der Waals surface area contributed by atoms with Crippen LogP contribution in [-0.4, -0.2) is 20.2 Å². The van der Waals surface area contributed by atoms with Gasteiger partial charge in [-0.2, -0.15) is 5.26 Å². The summed E-state index contributed by atoms with van der Waals surface area (Å²) in [5, 5.41) is 8.87. The third-order valence-corrected chi connectivity index (χ3v) is 4.24. The smallest absolute Gasteiger partial charge is 0.336 e. The predicted molar refractivity (Wildman–Crippen MR) is 111 cm³/mol. The maximum atomic E-state index is 12.1. The lowest BCUT2D eigenvalue weighted by atomic mass is 10.0. The van der Waals surface area contributed by atoms with Crippen molar-refractivity contribution in [3.05, 3.63) is 83.9 Å². The van der Waals surface area contributed by atoms with Crippen LogP contribution in [0, 0.1) is 11.3 Å². The molecular formula is C24H19NO4. The molecule has 5 heteroatoms. The van der Waals surface area contributed by atoms with Crippen LogP contribution in [0.5, 0.6) is 17.2 Å². The molecule has 0 unspecified atom stereocenters. The number of hydrogen-bond donors (Lipinski definition) is 0. The molecule has 0 aliphatic heterocycles. The summed E-state index contributed by atoms with van der Waals surface area (Å²) in [4.78, 5) is 12.1. The standard InChI is InChI=1S/C24H19NO4/c1-27-22-13-5-17(15-23(22)28-2)6-14-24(26)29-21-11-9-20(10-12-21)19-7-3-18(16-25)4-8-19/h3-15H,1-2H3. The summed E-state index contributed by atoms with van der Waals surface area (Å²) >= 11 is 0. The maximum Gasteiger partial charge on any atom is 0.336 e. The average molecular weight is 385 g/mol. The quantitative estimate of drug-likeness (QED) is 0.344. The van der Waals surface area contributed by atoms with Crippen molar-refractivity contribution in [2.45, 2.75) is 0 Å². The number of nitriles is 1. The van der Waals surface area contributed by atoms with Crippen molar-refractivity contribution in [3.63, 3.8) is 0 Å². The predicted octanol–water partition coefficient (Wildman–Crippen LogP) is 4.86. The van der Waals surface area contributed by atoms with Crippen molar-refractivity contribution in [2.75, 3.05) is 14.2 Å². The Hall–Kier alpha value is -4.04. The van der Waals surface area contributed by atoms with E-state index in [0.29, 0.717) is 22.8 Å². The third kappa shape index (κ3) is 5.02. The molecule has 0 N–H and O–H groups in total. The molecule has 3 aromatic rings. The van der Waals surface area contributed by atoms with Crippen LogP contribution < -0.4 is 14.2 Å². The number of nitrogens with zero attached hydrogens (tertiary/aromatic N) is 1. The highest BCUT2D eigenvalue weighted by Gasteiger charge is 2.05. The van der Waals surface area contributed by atoms with E-state index < -0.39 is 5.97 Å². The van der Waals surface area contributed by atoms with Gasteiger partial charge < -0.3 is 14.2 Å². The lowest BCUT2D eigenvalue weighted by Gasteiger charge is -2.07. The van der Waals surface area contributed by atoms with Crippen LogP contribution in [0.4, 0.5) is 0 Å². The topological polar surface area (TPSA) is 68.5 Å². The lowest BCUT2D eigenvalue weighted by molar-refractivity contribution is -0.128. The van der Waals surface area contributed by atoms with Crippen molar-refractivity contribution < 1.29 is 19.0 Å². The molecule has 3 rings (SSSR count). The van der Waals surface area contributed by atoms with E-state index in [4.69, 9.17) is 19.5 Å². The highest BCUT2D eigenvalue weighted by molar-refractivity contribution is 5.89. The van der Waals surface area contributed by atoms with E-state index in [9.17, 15) is 4.79 Å². The molecule has 0 aromatic heterocycles. The minimum atomic E-state index is -0.481. The number of carbonyl (C=O) groups excluding carboxylic acids is 1. The van der Waals surface area contributed by atoms with E-state index in [-0.39, 0.29) is 0 Å². The van der Waals surface area contributed by atoms with Gasteiger partial charge in [0.25, 0.3) is 0 Å². The van der Waals surface area contributed by atoms with Crippen molar-refractivity contribution in [3.8, 4) is 34.4 Å². The van der Waals surface area contributed by atoms with Crippen LogP contribution >= 0.6 is 0 Å². The Balaban J connectivity index is 1.64. The van der Waals surface area contributed by atoms with E-state index in [1.807, 2.05) is 30.3 Å². The molecule has 0 spiro atoms. The molecule has 0 heterocycles. The molecule has 144 valence electrons. The maximum absolute atomic E-state index is 12.1. The van der Waals surface area contributed by atoms with Crippen LogP contribution in [0.2, 0.25) is 0 Å². The van der Waals surface area contributed by atoms with Gasteiger partial charge in [0.15, 0.2) is 11.5 Å². The molecule has 0 radical (unpaired) electrons. The number of benzene rings is 3. The van der Waals surface area contributed by atoms with E-state index in [1.165, 1.54) is 6.08 Å². The van der Waals surface area contributed by atoms with Crippen LogP contribution in [0.15, 0.2) is 72.8 Å². The third-order valence-electron chi connectivity index (χ3n) is 4.24. The molecule has 5 nitrogen and oxygen atoms in total. The van der Waals surface area contributed by atoms with Gasteiger partial charge in [0, 0.05) is 6.08 Å². The first-order valence-corrected chi connectivity index (χ1v) is 8.85. The fourth-order valence-electron chi connectivity index (χ4n) is 2.72. The Morgan fingerprint density at radius 3 is 2.07 bits per heavy atom. The number of esters is 1. The van der Waals surface area contributed by atoms with Crippen LogP contribution in [0.1, 0.15) is 11.1 Å². The number of methoxy groups -OCH3 is 2. The monoisotopic (exact) mass is 385 g/mol. The lowest BCUT2D eigenvalue weighted by Crippen LogP contribution is -2.03. The Morgan fingerprint density at radius 2 is 1.48 bits per heavy atom. The summed E-state index contributed by atoms with van der Waals surface area (Å²) in [6.07, 6.45) is 3.01. The highest BCUT2D eigenvalue weighted by Crippen LogP contribution is 2.28. The summed E-state index contributed by atoms with van der Waals surface area (Å²) in [7, 11) is 3.12. The summed E-state index contributed by atoms with van der Waals surface area (Å²) in [5.41, 5.74) is 3.35. The van der Waals surface area contributed by atoms with Gasteiger partial charge in [0.05, 0.1) is 25.9 Å². The number of rotatable bonds is 6. The molecule has 0 bridgehead atoms. The van der Waals surface area contributed by atoms with Crippen molar-refractivity contribution in [1.82, 2.24) is 0 Å². The van der Waals surface area contributed by atoms with E-state index in [0.717, 1.165) is 16.7 Å². The van der Waals surface area contributed by atoms with E-state index >= 15 is 0 Å². The molecule has 3 aromatic carbocycles. The molecule has 0 amide bonds. The van der Waals surface area contributed by atoms with Gasteiger partial charge in [-0.1, -0.05) is 30.3 Å². The molecule has 0 saturated carbocycles. The second-order valence-corrected chi connectivity index (χ2v) is 6.08. The first kappa shape index (κ1) is 19.7. The fourth-order valence-corrected chi connectivity index (χ4v) is 2.72. The Bertz CT molecular complexity index is 1060. The van der Waals surface area contributed by atoms with Gasteiger partial charge >= 0.3 is 5.97 Å². The molecule has 0 fully saturated rings. The molecule has 29 heavy (non-hydrogen) atoms. The van der Waals surface area contributed by atoms with Gasteiger partial charge in [0.2, 0.25) is 0 Å². The second-order valence-electron chi connectivity index (χ2n) is 6.08. The van der Waals surface area contributed by atoms with Crippen molar-refractivity contribution >= 4 is 12.0 Å². The highest BCUT2D eigenvalue weighted by atomic mass is 16.5. The minimum absolute atomic E-state index is 0.448. The van der Waals surface area contributed by atoms with E-state index in [1.54, 1.807) is 56.7 Å². The zero-order valence-electron chi connectivity index (χ0n) is 16.1.